The largest absolute Gasteiger partial charge is 0.369 e. The Morgan fingerprint density at radius 2 is 1.86 bits per heavy atom. The number of aryl methyl sites for hydroxylation is 1. The molecule has 0 amide bonds. The number of hydrogen-bond acceptors (Lipinski definition) is 3. The summed E-state index contributed by atoms with van der Waals surface area (Å²) in [6, 6.07) is 12.7. The zero-order chi connectivity index (χ0) is 14.9. The second-order valence-corrected chi connectivity index (χ2v) is 5.52. The van der Waals surface area contributed by atoms with Crippen LogP contribution in [-0.4, -0.2) is 21.3 Å². The molecule has 4 nitrogen and oxygen atoms in total. The summed E-state index contributed by atoms with van der Waals surface area (Å²) in [6.45, 7) is 3.14. The van der Waals surface area contributed by atoms with Crippen LogP contribution in [0.1, 0.15) is 18.1 Å². The van der Waals surface area contributed by atoms with Crippen LogP contribution in [-0.2, 0) is 12.8 Å². The molecule has 0 spiro atoms. The minimum absolute atomic E-state index is 0.971. The molecule has 2 aromatic heterocycles. The average Bonchev–Trinajstić information content (AvgIpc) is 3.18. The lowest BCUT2D eigenvalue weighted by molar-refractivity contribution is 0.881. The van der Waals surface area contributed by atoms with Gasteiger partial charge < -0.3 is 5.32 Å². The smallest absolute Gasteiger partial charge is 0.133 e. The number of fused-ring (bicyclic) bond motifs is 1. The summed E-state index contributed by atoms with van der Waals surface area (Å²) >= 11 is 0. The minimum atomic E-state index is 0.971. The lowest BCUT2D eigenvalue weighted by Gasteiger charge is -2.07. The van der Waals surface area contributed by atoms with E-state index in [4.69, 9.17) is 5.10 Å². The first-order valence-corrected chi connectivity index (χ1v) is 7.72. The number of nitrogens with zero attached hydrogens (tertiary/aromatic N) is 3. The Hall–Kier alpha value is -2.62. The van der Waals surface area contributed by atoms with Crippen LogP contribution in [0, 0.1) is 0 Å². The van der Waals surface area contributed by atoms with Gasteiger partial charge in [0.15, 0.2) is 0 Å². The molecule has 1 aliphatic rings. The second kappa shape index (κ2) is 5.30. The lowest BCUT2D eigenvalue weighted by Crippen LogP contribution is -2.04. The van der Waals surface area contributed by atoms with Crippen LogP contribution in [0.25, 0.3) is 16.9 Å². The van der Waals surface area contributed by atoms with E-state index in [1.807, 2.05) is 29.2 Å². The molecular formula is C18H18N4. The fraction of sp³-hybridized carbons (Fsp3) is 0.222. The van der Waals surface area contributed by atoms with Gasteiger partial charge in [0.25, 0.3) is 0 Å². The van der Waals surface area contributed by atoms with Crippen molar-refractivity contribution in [1.29, 1.82) is 0 Å². The zero-order valence-corrected chi connectivity index (χ0v) is 12.6. The second-order valence-electron chi connectivity index (χ2n) is 5.52. The third kappa shape index (κ3) is 2.08. The molecule has 1 aromatic carbocycles. The van der Waals surface area contributed by atoms with E-state index in [9.17, 15) is 0 Å². The van der Waals surface area contributed by atoms with Crippen molar-refractivity contribution in [3.8, 4) is 16.9 Å². The van der Waals surface area contributed by atoms with Gasteiger partial charge in [-0.2, -0.15) is 5.10 Å². The first-order chi connectivity index (χ1) is 10.9. The van der Waals surface area contributed by atoms with Gasteiger partial charge in [0.05, 0.1) is 11.4 Å². The van der Waals surface area contributed by atoms with Crippen molar-refractivity contribution in [3.63, 3.8) is 0 Å². The molecular weight excluding hydrogens is 272 g/mol. The summed E-state index contributed by atoms with van der Waals surface area (Å²) in [4.78, 5) is 4.10. The number of nitrogens with one attached hydrogen (secondary N) is 1. The topological polar surface area (TPSA) is 42.7 Å². The van der Waals surface area contributed by atoms with Crippen molar-refractivity contribution in [2.24, 2.45) is 0 Å². The van der Waals surface area contributed by atoms with E-state index in [0.717, 1.165) is 42.1 Å². The number of hydrogen-bond donors (Lipinski definition) is 1. The summed E-state index contributed by atoms with van der Waals surface area (Å²) in [5, 5.41) is 8.32. The SMILES string of the molecule is CCc1ccc(-n2nc(-c3ccncc3)c3c2NCC3)cc1. The van der Waals surface area contributed by atoms with Crippen molar-refractivity contribution in [1.82, 2.24) is 14.8 Å². The Morgan fingerprint density at radius 3 is 2.59 bits per heavy atom. The first kappa shape index (κ1) is 13.1. The predicted octanol–water partition coefficient (Wildman–Crippen LogP) is 3.46. The predicted molar refractivity (Wildman–Crippen MR) is 88.4 cm³/mol. The van der Waals surface area contributed by atoms with E-state index in [0.29, 0.717) is 0 Å². The lowest BCUT2D eigenvalue weighted by atomic mass is 10.1. The maximum absolute atomic E-state index is 4.85. The Balaban J connectivity index is 1.84. The first-order valence-electron chi connectivity index (χ1n) is 7.72. The standard InChI is InChI=1S/C18H18N4/c1-2-13-3-5-15(6-4-13)22-18-16(9-12-20-18)17(21-22)14-7-10-19-11-8-14/h3-8,10-11,20H,2,9,12H2,1H3. The molecule has 110 valence electrons. The Labute approximate surface area is 129 Å². The summed E-state index contributed by atoms with van der Waals surface area (Å²) in [6.07, 6.45) is 5.70. The zero-order valence-electron chi connectivity index (χ0n) is 12.6. The van der Waals surface area contributed by atoms with E-state index in [-0.39, 0.29) is 0 Å². The van der Waals surface area contributed by atoms with Crippen molar-refractivity contribution in [3.05, 3.63) is 59.9 Å². The number of rotatable bonds is 3. The van der Waals surface area contributed by atoms with Gasteiger partial charge in [0, 0.05) is 30.1 Å². The minimum Gasteiger partial charge on any atom is -0.369 e. The maximum atomic E-state index is 4.85. The molecule has 0 bridgehead atoms. The highest BCUT2D eigenvalue weighted by Crippen LogP contribution is 2.34. The van der Waals surface area contributed by atoms with E-state index >= 15 is 0 Å². The van der Waals surface area contributed by atoms with Gasteiger partial charge in [-0.25, -0.2) is 4.68 Å². The Morgan fingerprint density at radius 1 is 1.09 bits per heavy atom. The Bertz CT molecular complexity index is 788. The molecule has 0 saturated heterocycles. The monoisotopic (exact) mass is 290 g/mol. The molecule has 0 unspecified atom stereocenters. The number of anilines is 1. The fourth-order valence-corrected chi connectivity index (χ4v) is 2.98. The number of benzene rings is 1. The molecule has 1 aliphatic heterocycles. The molecule has 0 atom stereocenters. The highest BCUT2D eigenvalue weighted by atomic mass is 15.3. The van der Waals surface area contributed by atoms with Gasteiger partial charge in [0.1, 0.15) is 5.82 Å². The van der Waals surface area contributed by atoms with E-state index < -0.39 is 0 Å². The molecule has 4 heteroatoms. The Kier molecular flexibility index (Phi) is 3.15. The van der Waals surface area contributed by atoms with Crippen LogP contribution in [0.15, 0.2) is 48.8 Å². The van der Waals surface area contributed by atoms with Gasteiger partial charge in [-0.05, 0) is 42.7 Å². The van der Waals surface area contributed by atoms with Gasteiger partial charge in [-0.1, -0.05) is 19.1 Å². The molecule has 3 heterocycles. The molecule has 0 radical (unpaired) electrons. The fourth-order valence-electron chi connectivity index (χ4n) is 2.98. The van der Waals surface area contributed by atoms with Crippen LogP contribution in [0.3, 0.4) is 0 Å². The molecule has 0 fully saturated rings. The molecule has 0 aliphatic carbocycles. The third-order valence-corrected chi connectivity index (χ3v) is 4.19. The number of aromatic nitrogens is 3. The van der Waals surface area contributed by atoms with Crippen molar-refractivity contribution >= 4 is 5.82 Å². The molecule has 22 heavy (non-hydrogen) atoms. The number of pyridine rings is 1. The summed E-state index contributed by atoms with van der Waals surface area (Å²) in [7, 11) is 0. The van der Waals surface area contributed by atoms with Crippen LogP contribution >= 0.6 is 0 Å². The van der Waals surface area contributed by atoms with Gasteiger partial charge in [-0.3, -0.25) is 4.98 Å². The highest BCUT2D eigenvalue weighted by Gasteiger charge is 2.23. The van der Waals surface area contributed by atoms with E-state index in [2.05, 4.69) is 41.5 Å². The molecule has 3 aromatic rings. The maximum Gasteiger partial charge on any atom is 0.133 e. The van der Waals surface area contributed by atoms with Crippen molar-refractivity contribution in [2.75, 3.05) is 11.9 Å². The summed E-state index contributed by atoms with van der Waals surface area (Å²) in [5.74, 6) is 1.12. The van der Waals surface area contributed by atoms with Crippen LogP contribution < -0.4 is 5.32 Å². The van der Waals surface area contributed by atoms with E-state index in [1.54, 1.807) is 0 Å². The van der Waals surface area contributed by atoms with Gasteiger partial charge >= 0.3 is 0 Å². The quantitative estimate of drug-likeness (QED) is 0.803. The average molecular weight is 290 g/mol. The summed E-state index contributed by atoms with van der Waals surface area (Å²) < 4.78 is 2.03. The van der Waals surface area contributed by atoms with Crippen molar-refractivity contribution < 1.29 is 0 Å². The highest BCUT2D eigenvalue weighted by molar-refractivity contribution is 5.72. The van der Waals surface area contributed by atoms with Crippen LogP contribution in [0.5, 0.6) is 0 Å². The summed E-state index contributed by atoms with van der Waals surface area (Å²) in [5.41, 5.74) is 5.92. The van der Waals surface area contributed by atoms with Gasteiger partial charge in [0.2, 0.25) is 0 Å². The normalized spacial score (nSPS) is 13.0. The van der Waals surface area contributed by atoms with Crippen molar-refractivity contribution in [2.45, 2.75) is 19.8 Å². The molecule has 0 saturated carbocycles. The van der Waals surface area contributed by atoms with Crippen LogP contribution in [0.2, 0.25) is 0 Å². The molecule has 1 N–H and O–H groups in total. The van der Waals surface area contributed by atoms with Gasteiger partial charge in [-0.15, -0.1) is 0 Å². The molecule has 4 rings (SSSR count). The third-order valence-electron chi connectivity index (χ3n) is 4.19. The van der Waals surface area contributed by atoms with Crippen LogP contribution in [0.4, 0.5) is 5.82 Å². The van der Waals surface area contributed by atoms with E-state index in [1.165, 1.54) is 11.1 Å².